The van der Waals surface area contributed by atoms with Crippen LogP contribution in [0, 0.1) is 5.92 Å². The maximum absolute atomic E-state index is 5.49. The van der Waals surface area contributed by atoms with Crippen LogP contribution in [0.3, 0.4) is 0 Å². The third-order valence-corrected chi connectivity index (χ3v) is 4.98. The lowest BCUT2D eigenvalue weighted by Gasteiger charge is -2.23. The van der Waals surface area contributed by atoms with Crippen molar-refractivity contribution >= 4 is 11.3 Å². The average molecular weight is 305 g/mol. The van der Waals surface area contributed by atoms with Gasteiger partial charge in [0.05, 0.1) is 18.0 Å². The van der Waals surface area contributed by atoms with Crippen LogP contribution in [-0.2, 0) is 11.3 Å². The van der Waals surface area contributed by atoms with Gasteiger partial charge in [0.15, 0.2) is 5.82 Å². The Bertz CT molecular complexity index is 574. The van der Waals surface area contributed by atoms with Gasteiger partial charge in [0.1, 0.15) is 0 Å². The molecule has 112 valence electrons. The monoisotopic (exact) mass is 305 g/mol. The summed E-state index contributed by atoms with van der Waals surface area (Å²) in [5.74, 6) is 2.10. The second-order valence-corrected chi connectivity index (χ2v) is 6.83. The maximum Gasteiger partial charge on any atom is 0.268 e. The number of ether oxygens (including phenoxy) is 1. The fraction of sp³-hybridized carbons (Fsp3) is 0.600. The third kappa shape index (κ3) is 3.17. The Balaban J connectivity index is 1.43. The number of aromatic nitrogens is 2. The number of thiophene rings is 1. The van der Waals surface area contributed by atoms with E-state index in [4.69, 9.17) is 9.26 Å². The summed E-state index contributed by atoms with van der Waals surface area (Å²) >= 11 is 1.63. The van der Waals surface area contributed by atoms with Gasteiger partial charge < -0.3 is 9.26 Å². The summed E-state index contributed by atoms with van der Waals surface area (Å²) in [6, 6.07) is 4.71. The summed E-state index contributed by atoms with van der Waals surface area (Å²) in [7, 11) is 0. The van der Waals surface area contributed by atoms with Gasteiger partial charge in [-0.15, -0.1) is 11.3 Å². The van der Waals surface area contributed by atoms with Crippen molar-refractivity contribution in [3.05, 3.63) is 23.3 Å². The van der Waals surface area contributed by atoms with Crippen LogP contribution < -0.4 is 0 Å². The molecule has 1 saturated heterocycles. The summed E-state index contributed by atoms with van der Waals surface area (Å²) < 4.78 is 10.9. The molecule has 6 heteroatoms. The molecule has 0 N–H and O–H groups in total. The van der Waals surface area contributed by atoms with Gasteiger partial charge in [-0.3, -0.25) is 4.90 Å². The molecule has 1 aliphatic carbocycles. The van der Waals surface area contributed by atoms with Gasteiger partial charge in [-0.1, -0.05) is 11.2 Å². The smallest absolute Gasteiger partial charge is 0.268 e. The van der Waals surface area contributed by atoms with E-state index in [0.717, 1.165) is 37.0 Å². The summed E-state index contributed by atoms with van der Waals surface area (Å²) in [6.45, 7) is 3.69. The minimum Gasteiger partial charge on any atom is -0.381 e. The standard InChI is InChI=1S/C15H19N3O2S/c1-2-13(21-7-1)15-16-14(17-20-15)9-18(12-3-4-12)8-11-5-6-19-10-11/h1-2,7,11-12H,3-6,8-10H2/t11-/m0/s1. The minimum absolute atomic E-state index is 0.639. The van der Waals surface area contributed by atoms with Gasteiger partial charge in [-0.05, 0) is 36.6 Å². The van der Waals surface area contributed by atoms with E-state index in [1.807, 2.05) is 17.5 Å². The predicted octanol–water partition coefficient (Wildman–Crippen LogP) is 2.80. The van der Waals surface area contributed by atoms with Crippen LogP contribution in [0.15, 0.2) is 22.0 Å². The van der Waals surface area contributed by atoms with E-state index in [0.29, 0.717) is 17.9 Å². The van der Waals surface area contributed by atoms with E-state index < -0.39 is 0 Å². The molecule has 2 fully saturated rings. The molecule has 0 bridgehead atoms. The van der Waals surface area contributed by atoms with E-state index in [1.165, 1.54) is 19.3 Å². The molecule has 1 saturated carbocycles. The molecule has 1 atom stereocenters. The molecule has 5 nitrogen and oxygen atoms in total. The van der Waals surface area contributed by atoms with Crippen molar-refractivity contribution in [2.45, 2.75) is 31.8 Å². The molecule has 0 aromatic carbocycles. The lowest BCUT2D eigenvalue weighted by atomic mass is 10.1. The predicted molar refractivity (Wildman–Crippen MR) is 80.0 cm³/mol. The summed E-state index contributed by atoms with van der Waals surface area (Å²) in [4.78, 5) is 8.08. The van der Waals surface area contributed by atoms with Crippen molar-refractivity contribution in [1.29, 1.82) is 0 Å². The van der Waals surface area contributed by atoms with Crippen molar-refractivity contribution in [2.24, 2.45) is 5.92 Å². The van der Waals surface area contributed by atoms with Gasteiger partial charge in [0.2, 0.25) is 0 Å². The Morgan fingerprint density at radius 1 is 1.33 bits per heavy atom. The van der Waals surface area contributed by atoms with Crippen LogP contribution in [0.2, 0.25) is 0 Å². The normalized spacial score (nSPS) is 22.2. The summed E-state index contributed by atoms with van der Waals surface area (Å²) in [6.07, 6.45) is 3.77. The van der Waals surface area contributed by atoms with Crippen LogP contribution in [0.25, 0.3) is 10.8 Å². The Hall–Kier alpha value is -1.24. The molecule has 0 radical (unpaired) electrons. The van der Waals surface area contributed by atoms with Crippen LogP contribution in [0.1, 0.15) is 25.1 Å². The fourth-order valence-electron chi connectivity index (χ4n) is 2.84. The number of hydrogen-bond donors (Lipinski definition) is 0. The zero-order valence-corrected chi connectivity index (χ0v) is 12.7. The molecule has 2 aliphatic rings. The van der Waals surface area contributed by atoms with E-state index in [1.54, 1.807) is 11.3 Å². The van der Waals surface area contributed by atoms with Gasteiger partial charge >= 0.3 is 0 Å². The molecular weight excluding hydrogens is 286 g/mol. The zero-order valence-electron chi connectivity index (χ0n) is 11.9. The minimum atomic E-state index is 0.639. The highest BCUT2D eigenvalue weighted by Gasteiger charge is 2.32. The van der Waals surface area contributed by atoms with E-state index in [2.05, 4.69) is 15.0 Å². The number of nitrogens with zero attached hydrogens (tertiary/aromatic N) is 3. The van der Waals surface area contributed by atoms with Crippen LogP contribution in [0.4, 0.5) is 0 Å². The van der Waals surface area contributed by atoms with Crippen LogP contribution in [-0.4, -0.2) is 40.8 Å². The quantitative estimate of drug-likeness (QED) is 0.821. The molecule has 1 aliphatic heterocycles. The molecule has 2 aromatic rings. The van der Waals surface area contributed by atoms with Crippen LogP contribution in [0.5, 0.6) is 0 Å². The van der Waals surface area contributed by atoms with Crippen molar-refractivity contribution < 1.29 is 9.26 Å². The van der Waals surface area contributed by atoms with Gasteiger partial charge in [0.25, 0.3) is 5.89 Å². The third-order valence-electron chi connectivity index (χ3n) is 4.12. The van der Waals surface area contributed by atoms with Crippen LogP contribution >= 0.6 is 11.3 Å². The SMILES string of the molecule is c1csc(-c2nc(CN(C[C@@H]3CCOC3)C3CC3)no2)c1. The Labute approximate surface area is 127 Å². The molecule has 0 spiro atoms. The van der Waals surface area contributed by atoms with E-state index in [-0.39, 0.29) is 0 Å². The number of hydrogen-bond acceptors (Lipinski definition) is 6. The van der Waals surface area contributed by atoms with E-state index >= 15 is 0 Å². The topological polar surface area (TPSA) is 51.4 Å². The highest BCUT2D eigenvalue weighted by molar-refractivity contribution is 7.13. The molecule has 21 heavy (non-hydrogen) atoms. The Morgan fingerprint density at radius 2 is 2.29 bits per heavy atom. The zero-order chi connectivity index (χ0) is 14.1. The number of rotatable bonds is 6. The second kappa shape index (κ2) is 5.87. The van der Waals surface area contributed by atoms with Crippen molar-refractivity contribution in [3.63, 3.8) is 0 Å². The molecule has 4 rings (SSSR count). The lowest BCUT2D eigenvalue weighted by molar-refractivity contribution is 0.159. The van der Waals surface area contributed by atoms with Gasteiger partial charge in [0, 0.05) is 19.2 Å². The average Bonchev–Trinajstić information content (AvgIpc) is 2.93. The lowest BCUT2D eigenvalue weighted by Crippen LogP contribution is -2.31. The molecule has 0 unspecified atom stereocenters. The largest absolute Gasteiger partial charge is 0.381 e. The first-order chi connectivity index (χ1) is 10.4. The first kappa shape index (κ1) is 13.4. The Morgan fingerprint density at radius 3 is 3.00 bits per heavy atom. The first-order valence-electron chi connectivity index (χ1n) is 7.57. The highest BCUT2D eigenvalue weighted by Crippen LogP contribution is 2.30. The summed E-state index contributed by atoms with van der Waals surface area (Å²) in [5.41, 5.74) is 0. The summed E-state index contributed by atoms with van der Waals surface area (Å²) in [5, 5.41) is 6.17. The maximum atomic E-state index is 5.49. The molecular formula is C15H19N3O2S. The van der Waals surface area contributed by atoms with Gasteiger partial charge in [-0.2, -0.15) is 4.98 Å². The second-order valence-electron chi connectivity index (χ2n) is 5.88. The van der Waals surface area contributed by atoms with Crippen molar-refractivity contribution in [3.8, 4) is 10.8 Å². The Kier molecular flexibility index (Phi) is 3.75. The van der Waals surface area contributed by atoms with Crippen molar-refractivity contribution in [1.82, 2.24) is 15.0 Å². The molecule has 2 aromatic heterocycles. The fourth-order valence-corrected chi connectivity index (χ4v) is 3.49. The van der Waals surface area contributed by atoms with E-state index in [9.17, 15) is 0 Å². The van der Waals surface area contributed by atoms with Crippen molar-refractivity contribution in [2.75, 3.05) is 19.8 Å². The van der Waals surface area contributed by atoms with Gasteiger partial charge in [-0.25, -0.2) is 0 Å². The first-order valence-corrected chi connectivity index (χ1v) is 8.45. The molecule has 0 amide bonds. The highest BCUT2D eigenvalue weighted by atomic mass is 32.1. The molecule has 3 heterocycles.